The fourth-order valence-electron chi connectivity index (χ4n) is 3.99. The number of halogens is 2. The average molecular weight is 388 g/mol. The van der Waals surface area contributed by atoms with E-state index in [1.807, 2.05) is 6.92 Å². The maximum absolute atomic E-state index is 14.3. The van der Waals surface area contributed by atoms with E-state index >= 15 is 0 Å². The summed E-state index contributed by atoms with van der Waals surface area (Å²) in [6.07, 6.45) is 2.48. The maximum atomic E-state index is 14.3. The third-order valence-corrected chi connectivity index (χ3v) is 5.87. The Hall–Kier alpha value is -2.57. The van der Waals surface area contributed by atoms with Gasteiger partial charge in [0.2, 0.25) is 0 Å². The van der Waals surface area contributed by atoms with Crippen molar-refractivity contribution in [1.82, 2.24) is 20.0 Å². The molecule has 0 unspecified atom stereocenters. The van der Waals surface area contributed by atoms with Gasteiger partial charge >= 0.3 is 6.03 Å². The third kappa shape index (κ3) is 3.23. The van der Waals surface area contributed by atoms with E-state index in [0.29, 0.717) is 5.69 Å². The van der Waals surface area contributed by atoms with Crippen molar-refractivity contribution in [1.29, 1.82) is 0 Å². The normalized spacial score (nSPS) is 21.2. The molecule has 2 aromatic rings. The first-order valence-electron chi connectivity index (χ1n) is 9.48. The highest BCUT2D eigenvalue weighted by atomic mass is 19.1. The highest BCUT2D eigenvalue weighted by Crippen LogP contribution is 2.45. The molecule has 2 amide bonds. The number of aromatic nitrogens is 2. The van der Waals surface area contributed by atoms with Crippen LogP contribution in [0.4, 0.5) is 13.6 Å². The molecule has 2 atom stereocenters. The minimum absolute atomic E-state index is 0.130. The number of carbonyl (C=O) groups excluding carboxylic acids is 1. The van der Waals surface area contributed by atoms with Crippen molar-refractivity contribution in [2.45, 2.75) is 44.6 Å². The number of hydrogen-bond acceptors (Lipinski definition) is 3. The molecule has 0 fully saturated rings. The van der Waals surface area contributed by atoms with Crippen LogP contribution in [0.2, 0.25) is 0 Å². The first-order valence-corrected chi connectivity index (χ1v) is 9.48. The summed E-state index contributed by atoms with van der Waals surface area (Å²) in [5.41, 5.74) is 0.976. The summed E-state index contributed by atoms with van der Waals surface area (Å²) in [5.74, 6) is -1.13. The number of amides is 2. The molecule has 1 heterocycles. The van der Waals surface area contributed by atoms with Crippen molar-refractivity contribution in [3.05, 3.63) is 47.2 Å². The lowest BCUT2D eigenvalue weighted by atomic mass is 9.74. The number of carbonyl (C=O) groups is 1. The van der Waals surface area contributed by atoms with Crippen molar-refractivity contribution in [3.63, 3.8) is 0 Å². The van der Waals surface area contributed by atoms with Gasteiger partial charge in [-0.3, -0.25) is 0 Å². The van der Waals surface area contributed by atoms with Gasteiger partial charge in [-0.05, 0) is 55.9 Å². The molecule has 28 heavy (non-hydrogen) atoms. The standard InChI is InChI=1S/C21H26F2N4O/c1-6-13-10-11-21(2,27(5)20(28)26(3)4)19-14(13)12-17(24-25-19)18-15(22)8-7-9-16(18)23/h7-9,12-13H,6,10-11H2,1-5H3/t13-,21-/m0/s1. The van der Waals surface area contributed by atoms with Crippen molar-refractivity contribution >= 4 is 6.03 Å². The smallest absolute Gasteiger partial charge is 0.319 e. The van der Waals surface area contributed by atoms with E-state index < -0.39 is 17.2 Å². The monoisotopic (exact) mass is 388 g/mol. The molecule has 0 saturated heterocycles. The molecule has 0 aliphatic heterocycles. The molecule has 1 aliphatic carbocycles. The molecule has 150 valence electrons. The lowest BCUT2D eigenvalue weighted by molar-refractivity contribution is 0.103. The Labute approximate surface area is 164 Å². The molecule has 1 aromatic carbocycles. The first-order chi connectivity index (χ1) is 13.2. The van der Waals surface area contributed by atoms with Crippen LogP contribution >= 0.6 is 0 Å². The second kappa shape index (κ2) is 7.45. The average Bonchev–Trinajstić information content (AvgIpc) is 2.67. The fraction of sp³-hybridized carbons (Fsp3) is 0.476. The minimum Gasteiger partial charge on any atom is -0.331 e. The first kappa shape index (κ1) is 20.2. The largest absolute Gasteiger partial charge is 0.331 e. The summed E-state index contributed by atoms with van der Waals surface area (Å²) in [6.45, 7) is 4.05. The number of rotatable bonds is 3. The molecule has 0 N–H and O–H groups in total. The predicted octanol–water partition coefficient (Wildman–Crippen LogP) is 4.54. The van der Waals surface area contributed by atoms with E-state index in [4.69, 9.17) is 0 Å². The fourth-order valence-corrected chi connectivity index (χ4v) is 3.99. The van der Waals surface area contributed by atoms with Gasteiger partial charge in [0.1, 0.15) is 11.6 Å². The van der Waals surface area contributed by atoms with Crippen LogP contribution in [0, 0.1) is 11.6 Å². The van der Waals surface area contributed by atoms with Gasteiger partial charge in [-0.25, -0.2) is 13.6 Å². The van der Waals surface area contributed by atoms with E-state index in [2.05, 4.69) is 17.1 Å². The Kier molecular flexibility index (Phi) is 5.37. The molecule has 0 radical (unpaired) electrons. The minimum atomic E-state index is -0.666. The van der Waals surface area contributed by atoms with Crippen molar-refractivity contribution in [2.75, 3.05) is 21.1 Å². The molecule has 7 heteroatoms. The van der Waals surface area contributed by atoms with Crippen LogP contribution in [-0.4, -0.2) is 47.2 Å². The van der Waals surface area contributed by atoms with Crippen LogP contribution in [0.1, 0.15) is 50.3 Å². The third-order valence-electron chi connectivity index (χ3n) is 5.87. The Morgan fingerprint density at radius 1 is 1.21 bits per heavy atom. The molecule has 1 aromatic heterocycles. The quantitative estimate of drug-likeness (QED) is 0.776. The number of benzene rings is 1. The summed E-state index contributed by atoms with van der Waals surface area (Å²) < 4.78 is 28.5. The zero-order chi connectivity index (χ0) is 20.6. The van der Waals surface area contributed by atoms with E-state index in [9.17, 15) is 13.6 Å². The van der Waals surface area contributed by atoms with Crippen molar-refractivity contribution in [2.24, 2.45) is 0 Å². The lowest BCUT2D eigenvalue weighted by Gasteiger charge is -2.44. The van der Waals surface area contributed by atoms with E-state index in [1.54, 1.807) is 32.1 Å². The summed E-state index contributed by atoms with van der Waals surface area (Å²) in [6, 6.07) is 5.36. The topological polar surface area (TPSA) is 49.3 Å². The molecule has 3 rings (SSSR count). The van der Waals surface area contributed by atoms with E-state index in [0.717, 1.165) is 24.8 Å². The molecule has 0 bridgehead atoms. The Morgan fingerprint density at radius 3 is 2.43 bits per heavy atom. The summed E-state index contributed by atoms with van der Waals surface area (Å²) in [5, 5.41) is 8.55. The van der Waals surface area contributed by atoms with Crippen molar-refractivity contribution in [3.8, 4) is 11.3 Å². The highest BCUT2D eigenvalue weighted by Gasteiger charge is 2.43. The van der Waals surface area contributed by atoms with Gasteiger partial charge in [0.25, 0.3) is 0 Å². The van der Waals surface area contributed by atoms with Crippen LogP contribution < -0.4 is 0 Å². The molecular formula is C21H26F2N4O. The van der Waals surface area contributed by atoms with E-state index in [-0.39, 0.29) is 23.2 Å². The summed E-state index contributed by atoms with van der Waals surface area (Å²) in [7, 11) is 5.16. The van der Waals surface area contributed by atoms with Crippen LogP contribution in [0.5, 0.6) is 0 Å². The van der Waals surface area contributed by atoms with Gasteiger partial charge in [0.15, 0.2) is 0 Å². The van der Waals surface area contributed by atoms with Crippen molar-refractivity contribution < 1.29 is 13.6 Å². The number of nitrogens with zero attached hydrogens (tertiary/aromatic N) is 4. The van der Waals surface area contributed by atoms with Gasteiger partial charge < -0.3 is 9.80 Å². The second-order valence-electron chi connectivity index (χ2n) is 7.78. The zero-order valence-corrected chi connectivity index (χ0v) is 17.0. The lowest BCUT2D eigenvalue weighted by Crippen LogP contribution is -2.51. The molecule has 0 spiro atoms. The molecule has 5 nitrogen and oxygen atoms in total. The summed E-state index contributed by atoms with van der Waals surface area (Å²) >= 11 is 0. The van der Waals surface area contributed by atoms with Gasteiger partial charge in [0, 0.05) is 21.1 Å². The maximum Gasteiger partial charge on any atom is 0.319 e. The number of fused-ring (bicyclic) bond motifs is 1. The molecule has 0 saturated carbocycles. The van der Waals surface area contributed by atoms with Gasteiger partial charge in [-0.15, -0.1) is 5.10 Å². The number of hydrogen-bond donors (Lipinski definition) is 0. The Balaban J connectivity index is 2.15. The number of urea groups is 1. The molecular weight excluding hydrogens is 362 g/mol. The van der Waals surface area contributed by atoms with Crippen LogP contribution in [0.15, 0.2) is 24.3 Å². The highest BCUT2D eigenvalue weighted by molar-refractivity contribution is 5.75. The second-order valence-corrected chi connectivity index (χ2v) is 7.78. The predicted molar refractivity (Wildman–Crippen MR) is 104 cm³/mol. The van der Waals surface area contributed by atoms with Crippen LogP contribution in [-0.2, 0) is 5.54 Å². The van der Waals surface area contributed by atoms with Gasteiger partial charge in [0.05, 0.1) is 22.5 Å². The van der Waals surface area contributed by atoms with Crippen LogP contribution in [0.3, 0.4) is 0 Å². The summed E-state index contributed by atoms with van der Waals surface area (Å²) in [4.78, 5) is 15.8. The molecule has 1 aliphatic rings. The SMILES string of the molecule is CC[C@H]1CC[C@](C)(N(C)C(=O)N(C)C)c2nnc(-c3c(F)cccc3F)cc21. The Bertz CT molecular complexity index is 882. The van der Waals surface area contributed by atoms with E-state index in [1.165, 1.54) is 23.1 Å². The van der Waals surface area contributed by atoms with Gasteiger partial charge in [-0.2, -0.15) is 5.10 Å². The van der Waals surface area contributed by atoms with Gasteiger partial charge in [-0.1, -0.05) is 13.0 Å². The zero-order valence-electron chi connectivity index (χ0n) is 17.0. The Morgan fingerprint density at radius 2 is 1.86 bits per heavy atom. The van der Waals surface area contributed by atoms with Crippen LogP contribution in [0.25, 0.3) is 11.3 Å².